The van der Waals surface area contributed by atoms with E-state index in [1.54, 1.807) is 30.3 Å². The second-order valence-electron chi connectivity index (χ2n) is 6.10. The van der Waals surface area contributed by atoms with Gasteiger partial charge in [0.2, 0.25) is 0 Å². The fourth-order valence-corrected chi connectivity index (χ4v) is 3.14. The Morgan fingerprint density at radius 3 is 2.36 bits per heavy atom. The minimum atomic E-state index is -3.98. The molecule has 0 fully saturated rings. The first-order valence-corrected chi connectivity index (χ1v) is 9.92. The summed E-state index contributed by atoms with van der Waals surface area (Å²) >= 11 is 0. The van der Waals surface area contributed by atoms with Crippen molar-refractivity contribution in [2.45, 2.75) is 18.4 Å². The van der Waals surface area contributed by atoms with Gasteiger partial charge in [0, 0.05) is 0 Å². The minimum absolute atomic E-state index is 0.0315. The van der Waals surface area contributed by atoms with Crippen molar-refractivity contribution < 1.29 is 22.2 Å². The molecular weight excluding hydrogens is 378 g/mol. The van der Waals surface area contributed by atoms with Crippen molar-refractivity contribution in [3.05, 3.63) is 95.6 Å². The smallest absolute Gasteiger partial charge is 0.338 e. The second-order valence-corrected chi connectivity index (χ2v) is 7.64. The number of aryl methyl sites for hydroxylation is 1. The molecule has 0 unspecified atom stereocenters. The SMILES string of the molecule is Cc1ccc(S(=O)(=O)ONc2cccc(C(=O)OCc3ccccc3)c2)cc1. The van der Waals surface area contributed by atoms with Crippen LogP contribution in [0.3, 0.4) is 0 Å². The highest BCUT2D eigenvalue weighted by Crippen LogP contribution is 2.17. The highest BCUT2D eigenvalue weighted by atomic mass is 32.2. The van der Waals surface area contributed by atoms with E-state index in [0.717, 1.165) is 11.1 Å². The molecule has 144 valence electrons. The lowest BCUT2D eigenvalue weighted by molar-refractivity contribution is 0.0473. The highest BCUT2D eigenvalue weighted by Gasteiger charge is 2.16. The van der Waals surface area contributed by atoms with Gasteiger partial charge >= 0.3 is 16.1 Å². The van der Waals surface area contributed by atoms with Crippen LogP contribution in [-0.2, 0) is 25.7 Å². The van der Waals surface area contributed by atoms with Gasteiger partial charge in [-0.05, 0) is 42.8 Å². The maximum absolute atomic E-state index is 12.2. The number of nitrogens with one attached hydrogen (secondary N) is 1. The summed E-state index contributed by atoms with van der Waals surface area (Å²) < 4.78 is 34.6. The molecule has 3 rings (SSSR count). The molecule has 7 heteroatoms. The van der Waals surface area contributed by atoms with Crippen molar-refractivity contribution in [1.82, 2.24) is 0 Å². The first-order valence-electron chi connectivity index (χ1n) is 8.51. The summed E-state index contributed by atoms with van der Waals surface area (Å²) in [5, 5.41) is 0. The van der Waals surface area contributed by atoms with Crippen LogP contribution in [0.2, 0.25) is 0 Å². The molecule has 0 aliphatic rings. The fraction of sp³-hybridized carbons (Fsp3) is 0.0952. The second kappa shape index (κ2) is 8.69. The van der Waals surface area contributed by atoms with Crippen LogP contribution in [0.25, 0.3) is 0 Å². The van der Waals surface area contributed by atoms with Crippen LogP contribution >= 0.6 is 0 Å². The number of carbonyl (C=O) groups is 1. The van der Waals surface area contributed by atoms with Crippen LogP contribution < -0.4 is 5.48 Å². The fourth-order valence-electron chi connectivity index (χ4n) is 2.37. The molecule has 0 aliphatic carbocycles. The average Bonchev–Trinajstić information content (AvgIpc) is 2.72. The van der Waals surface area contributed by atoms with Gasteiger partial charge in [-0.2, -0.15) is 8.42 Å². The van der Waals surface area contributed by atoms with Crippen molar-refractivity contribution in [1.29, 1.82) is 0 Å². The Hall–Kier alpha value is -3.16. The third-order valence-corrected chi connectivity index (χ3v) is 5.04. The van der Waals surface area contributed by atoms with Gasteiger partial charge < -0.3 is 4.74 Å². The molecule has 6 nitrogen and oxygen atoms in total. The molecule has 0 saturated carbocycles. The van der Waals surface area contributed by atoms with E-state index in [0.29, 0.717) is 5.69 Å². The number of rotatable bonds is 7. The van der Waals surface area contributed by atoms with Gasteiger partial charge in [-0.1, -0.05) is 54.1 Å². The quantitative estimate of drug-likeness (QED) is 0.478. The van der Waals surface area contributed by atoms with Crippen LogP contribution in [-0.4, -0.2) is 14.4 Å². The topological polar surface area (TPSA) is 81.7 Å². The zero-order chi connectivity index (χ0) is 20.0. The zero-order valence-electron chi connectivity index (χ0n) is 15.2. The molecule has 28 heavy (non-hydrogen) atoms. The zero-order valence-corrected chi connectivity index (χ0v) is 16.0. The summed E-state index contributed by atoms with van der Waals surface area (Å²) in [6.45, 7) is 2.01. The number of esters is 1. The molecule has 3 aromatic carbocycles. The van der Waals surface area contributed by atoms with Gasteiger partial charge in [0.25, 0.3) is 0 Å². The molecule has 0 aromatic heterocycles. The Balaban J connectivity index is 1.62. The lowest BCUT2D eigenvalue weighted by Crippen LogP contribution is -2.12. The van der Waals surface area contributed by atoms with E-state index in [2.05, 4.69) is 5.48 Å². The Kier molecular flexibility index (Phi) is 6.08. The monoisotopic (exact) mass is 397 g/mol. The molecule has 3 aromatic rings. The number of hydrogen-bond donors (Lipinski definition) is 1. The first-order chi connectivity index (χ1) is 13.4. The molecule has 0 atom stereocenters. The molecule has 0 bridgehead atoms. The minimum Gasteiger partial charge on any atom is -0.457 e. The average molecular weight is 397 g/mol. The Bertz CT molecular complexity index is 1050. The molecule has 0 aliphatic heterocycles. The number of ether oxygens (including phenoxy) is 1. The van der Waals surface area contributed by atoms with E-state index >= 15 is 0 Å². The molecule has 0 saturated heterocycles. The van der Waals surface area contributed by atoms with E-state index in [-0.39, 0.29) is 17.1 Å². The van der Waals surface area contributed by atoms with Crippen molar-refractivity contribution in [3.8, 4) is 0 Å². The molecule has 1 N–H and O–H groups in total. The lowest BCUT2D eigenvalue weighted by atomic mass is 10.2. The van der Waals surface area contributed by atoms with Crippen molar-refractivity contribution in [2.24, 2.45) is 0 Å². The summed E-state index contributed by atoms with van der Waals surface area (Å²) in [5.74, 6) is -0.520. The van der Waals surface area contributed by atoms with Gasteiger partial charge in [0.05, 0.1) is 16.1 Å². The molecular formula is C21H19NO5S. The predicted octanol–water partition coefficient (Wildman–Crippen LogP) is 4.08. The summed E-state index contributed by atoms with van der Waals surface area (Å²) in [4.78, 5) is 12.2. The standard InChI is InChI=1S/C21H19NO5S/c1-16-10-12-20(13-11-16)28(24,25)27-22-19-9-5-8-18(14-19)21(23)26-15-17-6-3-2-4-7-17/h2-14,22H,15H2,1H3. The first kappa shape index (κ1) is 19.6. The summed E-state index contributed by atoms with van der Waals surface area (Å²) in [6.07, 6.45) is 0. The molecule has 0 spiro atoms. The van der Waals surface area contributed by atoms with Crippen molar-refractivity contribution in [2.75, 3.05) is 5.48 Å². The normalized spacial score (nSPS) is 11.0. The van der Waals surface area contributed by atoms with Gasteiger partial charge in [0.1, 0.15) is 6.61 Å². The van der Waals surface area contributed by atoms with Gasteiger partial charge in [-0.15, -0.1) is 4.28 Å². The molecule has 0 radical (unpaired) electrons. The van der Waals surface area contributed by atoms with E-state index < -0.39 is 16.1 Å². The van der Waals surface area contributed by atoms with Gasteiger partial charge in [-0.3, -0.25) is 0 Å². The van der Waals surface area contributed by atoms with Gasteiger partial charge in [0.15, 0.2) is 0 Å². The number of benzene rings is 3. The van der Waals surface area contributed by atoms with Crippen LogP contribution in [0.5, 0.6) is 0 Å². The summed E-state index contributed by atoms with van der Waals surface area (Å²) in [7, 11) is -3.98. The predicted molar refractivity (Wildman–Crippen MR) is 105 cm³/mol. The Labute approximate surface area is 163 Å². The summed E-state index contributed by atoms with van der Waals surface area (Å²) in [6, 6.07) is 21.8. The van der Waals surface area contributed by atoms with Crippen molar-refractivity contribution in [3.63, 3.8) is 0 Å². The van der Waals surface area contributed by atoms with Crippen LogP contribution in [0, 0.1) is 6.92 Å². The summed E-state index contributed by atoms with van der Waals surface area (Å²) in [5.41, 5.74) is 4.77. The van der Waals surface area contributed by atoms with Crippen molar-refractivity contribution >= 4 is 21.8 Å². The van der Waals surface area contributed by atoms with Gasteiger partial charge in [-0.25, -0.2) is 10.3 Å². The van der Waals surface area contributed by atoms with E-state index in [1.807, 2.05) is 37.3 Å². The highest BCUT2D eigenvalue weighted by molar-refractivity contribution is 7.86. The number of anilines is 1. The maximum atomic E-state index is 12.2. The lowest BCUT2D eigenvalue weighted by Gasteiger charge is -2.09. The Morgan fingerprint density at radius 1 is 0.929 bits per heavy atom. The van der Waals surface area contributed by atoms with E-state index in [9.17, 15) is 13.2 Å². The molecule has 0 amide bonds. The number of carbonyl (C=O) groups excluding carboxylic acids is 1. The van der Waals surface area contributed by atoms with Crippen LogP contribution in [0.4, 0.5) is 5.69 Å². The van der Waals surface area contributed by atoms with Crippen LogP contribution in [0.1, 0.15) is 21.5 Å². The van der Waals surface area contributed by atoms with Crippen LogP contribution in [0.15, 0.2) is 83.8 Å². The van der Waals surface area contributed by atoms with E-state index in [4.69, 9.17) is 9.02 Å². The maximum Gasteiger partial charge on any atom is 0.338 e. The van der Waals surface area contributed by atoms with E-state index in [1.165, 1.54) is 18.2 Å². The molecule has 0 heterocycles. The number of hydrogen-bond acceptors (Lipinski definition) is 6. The Morgan fingerprint density at radius 2 is 1.64 bits per heavy atom. The third-order valence-electron chi connectivity index (χ3n) is 3.89. The largest absolute Gasteiger partial charge is 0.457 e. The third kappa shape index (κ3) is 5.18.